The maximum atomic E-state index is 5.28. The number of benzene rings is 2. The van der Waals surface area contributed by atoms with Crippen LogP contribution >= 0.6 is 0 Å². The molecule has 0 atom stereocenters. The molecule has 3 aromatic rings. The number of rotatable bonds is 3. The van der Waals surface area contributed by atoms with E-state index in [4.69, 9.17) is 4.74 Å². The fourth-order valence-electron chi connectivity index (χ4n) is 3.25. The van der Waals surface area contributed by atoms with Crippen LogP contribution in [0.3, 0.4) is 0 Å². The van der Waals surface area contributed by atoms with Gasteiger partial charge in [-0.05, 0) is 30.7 Å². The average Bonchev–Trinajstić information content (AvgIpc) is 3.16. The molecule has 0 saturated carbocycles. The molecule has 110 valence electrons. The summed E-state index contributed by atoms with van der Waals surface area (Å²) in [6, 6.07) is 18.9. The van der Waals surface area contributed by atoms with Gasteiger partial charge in [-0.25, -0.2) is 9.55 Å². The minimum atomic E-state index is 0.891. The topological polar surface area (TPSA) is 28.9 Å². The first-order chi connectivity index (χ1) is 10.9. The second-order valence-electron chi connectivity index (χ2n) is 5.65. The van der Waals surface area contributed by atoms with Gasteiger partial charge in [-0.1, -0.05) is 30.3 Å². The van der Waals surface area contributed by atoms with Gasteiger partial charge in [0.15, 0.2) is 11.4 Å². The zero-order chi connectivity index (χ0) is 14.9. The second kappa shape index (κ2) is 5.34. The van der Waals surface area contributed by atoms with E-state index in [-0.39, 0.29) is 0 Å². The second-order valence-corrected chi connectivity index (χ2v) is 5.65. The van der Waals surface area contributed by atoms with E-state index in [0.29, 0.717) is 0 Å². The van der Waals surface area contributed by atoms with Crippen LogP contribution in [0.25, 0.3) is 22.5 Å². The number of fused-ring (bicyclic) bond motifs is 1. The molecule has 3 nitrogen and oxygen atoms in total. The molecule has 1 aromatic heterocycles. The number of aryl methyl sites for hydroxylation is 1. The quantitative estimate of drug-likeness (QED) is 0.734. The van der Waals surface area contributed by atoms with Crippen molar-refractivity contribution in [2.45, 2.75) is 19.4 Å². The number of ether oxygens (including phenoxy) is 1. The lowest BCUT2D eigenvalue weighted by Crippen LogP contribution is -2.33. The van der Waals surface area contributed by atoms with Crippen molar-refractivity contribution in [3.05, 3.63) is 60.4 Å². The number of nitrogens with zero attached hydrogens (tertiary/aromatic N) is 1. The van der Waals surface area contributed by atoms with Crippen molar-refractivity contribution < 1.29 is 9.30 Å². The molecule has 0 radical (unpaired) electrons. The maximum Gasteiger partial charge on any atom is 0.255 e. The summed E-state index contributed by atoms with van der Waals surface area (Å²) in [4.78, 5) is 3.64. The van der Waals surface area contributed by atoms with Crippen molar-refractivity contribution in [1.29, 1.82) is 0 Å². The Kier molecular flexibility index (Phi) is 3.19. The molecule has 0 spiro atoms. The maximum absolute atomic E-state index is 5.28. The molecular formula is C19H19N2O+. The molecule has 1 aliphatic rings. The highest BCUT2D eigenvalue weighted by Gasteiger charge is 2.30. The molecule has 0 saturated heterocycles. The monoisotopic (exact) mass is 291 g/mol. The Morgan fingerprint density at radius 2 is 1.73 bits per heavy atom. The molecule has 1 N–H and O–H groups in total. The molecule has 0 amide bonds. The minimum absolute atomic E-state index is 0.891. The summed E-state index contributed by atoms with van der Waals surface area (Å²) < 4.78 is 7.70. The predicted octanol–water partition coefficient (Wildman–Crippen LogP) is 3.59. The van der Waals surface area contributed by atoms with Gasteiger partial charge in [0.25, 0.3) is 5.82 Å². The third-order valence-electron chi connectivity index (χ3n) is 4.32. The summed E-state index contributed by atoms with van der Waals surface area (Å²) in [5.74, 6) is 2.21. The summed E-state index contributed by atoms with van der Waals surface area (Å²) in [6.45, 7) is 1.08. The Labute approximate surface area is 130 Å². The standard InChI is InChI=1S/C19H18N2O/c1-22-16-11-9-15(10-12-16)19-18(14-6-3-2-4-7-14)20-17-8-5-13-21(17)19/h2-4,6-7,9-12H,5,8,13H2,1H3/p+1. The lowest BCUT2D eigenvalue weighted by Gasteiger charge is -2.04. The van der Waals surface area contributed by atoms with Crippen LogP contribution < -0.4 is 9.30 Å². The van der Waals surface area contributed by atoms with Crippen LogP contribution in [0.2, 0.25) is 0 Å². The number of nitrogens with one attached hydrogen (secondary N) is 1. The highest BCUT2D eigenvalue weighted by Crippen LogP contribution is 2.31. The van der Waals surface area contributed by atoms with E-state index < -0.39 is 0 Å². The first-order valence-corrected chi connectivity index (χ1v) is 7.71. The smallest absolute Gasteiger partial charge is 0.255 e. The Balaban J connectivity index is 1.89. The van der Waals surface area contributed by atoms with E-state index in [1.165, 1.54) is 34.8 Å². The Morgan fingerprint density at radius 3 is 2.45 bits per heavy atom. The van der Waals surface area contributed by atoms with Crippen LogP contribution in [-0.4, -0.2) is 12.1 Å². The zero-order valence-electron chi connectivity index (χ0n) is 12.7. The highest BCUT2D eigenvalue weighted by atomic mass is 16.5. The van der Waals surface area contributed by atoms with Crippen molar-refractivity contribution >= 4 is 0 Å². The highest BCUT2D eigenvalue weighted by molar-refractivity contribution is 5.76. The van der Waals surface area contributed by atoms with E-state index in [2.05, 4.69) is 52.0 Å². The van der Waals surface area contributed by atoms with Gasteiger partial charge in [-0.2, -0.15) is 0 Å². The van der Waals surface area contributed by atoms with Crippen molar-refractivity contribution in [2.75, 3.05) is 7.11 Å². The van der Waals surface area contributed by atoms with Crippen LogP contribution in [0.1, 0.15) is 12.2 Å². The van der Waals surface area contributed by atoms with Crippen molar-refractivity contribution in [3.8, 4) is 28.3 Å². The SMILES string of the molecule is COc1ccc(-c2c(-c3ccccc3)[nH]c3[n+]2CCC3)cc1. The normalized spacial score (nSPS) is 13.1. The summed E-state index contributed by atoms with van der Waals surface area (Å²) in [7, 11) is 1.70. The zero-order valence-corrected chi connectivity index (χ0v) is 12.7. The number of H-pyrrole nitrogens is 1. The Morgan fingerprint density at radius 1 is 0.955 bits per heavy atom. The number of imidazole rings is 1. The summed E-state index contributed by atoms with van der Waals surface area (Å²) >= 11 is 0. The van der Waals surface area contributed by atoms with Crippen molar-refractivity contribution in [2.24, 2.45) is 0 Å². The van der Waals surface area contributed by atoms with Crippen molar-refractivity contribution in [3.63, 3.8) is 0 Å². The third-order valence-corrected chi connectivity index (χ3v) is 4.32. The van der Waals surface area contributed by atoms with Crippen LogP contribution in [0.5, 0.6) is 5.75 Å². The largest absolute Gasteiger partial charge is 0.497 e. The summed E-state index contributed by atoms with van der Waals surface area (Å²) in [5.41, 5.74) is 4.95. The van der Waals surface area contributed by atoms with Gasteiger partial charge in [0, 0.05) is 11.1 Å². The van der Waals surface area contributed by atoms with Crippen LogP contribution in [0.4, 0.5) is 0 Å². The number of aromatic nitrogens is 2. The van der Waals surface area contributed by atoms with Gasteiger partial charge in [-0.15, -0.1) is 0 Å². The fourth-order valence-corrected chi connectivity index (χ4v) is 3.25. The molecule has 4 rings (SSSR count). The molecule has 2 heterocycles. The molecule has 0 fully saturated rings. The average molecular weight is 291 g/mol. The Bertz CT molecular complexity index is 788. The van der Waals surface area contributed by atoms with Gasteiger partial charge in [0.2, 0.25) is 0 Å². The van der Waals surface area contributed by atoms with Gasteiger partial charge in [0.05, 0.1) is 20.1 Å². The third kappa shape index (κ3) is 2.10. The fraction of sp³-hybridized carbons (Fsp3) is 0.211. The van der Waals surface area contributed by atoms with Gasteiger partial charge < -0.3 is 4.74 Å². The number of hydrogen-bond acceptors (Lipinski definition) is 1. The molecule has 3 heteroatoms. The molecule has 1 aliphatic heterocycles. The van der Waals surface area contributed by atoms with Crippen LogP contribution in [0.15, 0.2) is 54.6 Å². The van der Waals surface area contributed by atoms with Crippen molar-refractivity contribution in [1.82, 2.24) is 4.98 Å². The van der Waals surface area contributed by atoms with E-state index in [1.807, 2.05) is 12.1 Å². The lowest BCUT2D eigenvalue weighted by atomic mass is 10.0. The number of aromatic amines is 1. The number of hydrogen-bond donors (Lipinski definition) is 1. The first kappa shape index (κ1) is 13.1. The lowest BCUT2D eigenvalue weighted by molar-refractivity contribution is -0.678. The van der Waals surface area contributed by atoms with E-state index in [0.717, 1.165) is 18.7 Å². The van der Waals surface area contributed by atoms with Crippen LogP contribution in [-0.2, 0) is 13.0 Å². The summed E-state index contributed by atoms with van der Waals surface area (Å²) in [6.07, 6.45) is 2.33. The van der Waals surface area contributed by atoms with Gasteiger partial charge in [0.1, 0.15) is 5.75 Å². The van der Waals surface area contributed by atoms with Gasteiger partial charge >= 0.3 is 0 Å². The molecule has 0 unspecified atom stereocenters. The van der Waals surface area contributed by atoms with Crippen LogP contribution in [0, 0.1) is 0 Å². The van der Waals surface area contributed by atoms with E-state index >= 15 is 0 Å². The molecule has 22 heavy (non-hydrogen) atoms. The first-order valence-electron chi connectivity index (χ1n) is 7.71. The molecular weight excluding hydrogens is 272 g/mol. The Hall–Kier alpha value is -2.55. The minimum Gasteiger partial charge on any atom is -0.497 e. The number of methoxy groups -OCH3 is 1. The molecule has 0 aliphatic carbocycles. The predicted molar refractivity (Wildman–Crippen MR) is 86.7 cm³/mol. The van der Waals surface area contributed by atoms with Gasteiger partial charge in [-0.3, -0.25) is 0 Å². The molecule has 2 aromatic carbocycles. The molecule has 0 bridgehead atoms. The van der Waals surface area contributed by atoms with E-state index in [9.17, 15) is 0 Å². The van der Waals surface area contributed by atoms with E-state index in [1.54, 1.807) is 7.11 Å². The summed E-state index contributed by atoms with van der Waals surface area (Å²) in [5, 5.41) is 0.